The van der Waals surface area contributed by atoms with Gasteiger partial charge in [-0.25, -0.2) is 73.5 Å². The molecule has 788 valence electrons. The van der Waals surface area contributed by atoms with Gasteiger partial charge >= 0.3 is 0 Å². The lowest BCUT2D eigenvalue weighted by Gasteiger charge is -2.32. The normalized spacial score (nSPS) is 15.9. The van der Waals surface area contributed by atoms with Crippen molar-refractivity contribution in [1.82, 2.24) is 70.4 Å². The molecular weight excluding hydrogens is 1930 g/mol. The van der Waals surface area contributed by atoms with Gasteiger partial charge in [0.15, 0.2) is 61.9 Å². The summed E-state index contributed by atoms with van der Waals surface area (Å²) in [5, 5.41) is 16.5. The summed E-state index contributed by atoms with van der Waals surface area (Å²) < 4.78 is 99.3. The lowest BCUT2D eigenvalue weighted by Crippen LogP contribution is -2.42. The van der Waals surface area contributed by atoms with Crippen LogP contribution in [0.15, 0.2) is 263 Å². The molecule has 146 heavy (non-hydrogen) atoms. The van der Waals surface area contributed by atoms with Crippen molar-refractivity contribution in [3.8, 4) is 45.0 Å². The second-order valence-corrected chi connectivity index (χ2v) is 47.6. The van der Waals surface area contributed by atoms with Crippen LogP contribution in [-0.4, -0.2) is 215 Å². The summed E-state index contributed by atoms with van der Waals surface area (Å²) in [5.41, 5.74) is 36.0. The minimum atomic E-state index is -3.36. The van der Waals surface area contributed by atoms with Crippen molar-refractivity contribution in [1.29, 1.82) is 0 Å². The minimum Gasteiger partial charge on any atom is -0.371 e. The van der Waals surface area contributed by atoms with Crippen molar-refractivity contribution in [2.75, 3.05) is 94.9 Å². The highest BCUT2D eigenvalue weighted by Crippen LogP contribution is 2.35. The van der Waals surface area contributed by atoms with Crippen LogP contribution in [0.3, 0.4) is 0 Å². The van der Waals surface area contributed by atoms with Gasteiger partial charge < -0.3 is 83.7 Å². The zero-order valence-electron chi connectivity index (χ0n) is 81.8. The Balaban J connectivity index is 0.00000105. The summed E-state index contributed by atoms with van der Waals surface area (Å²) >= 11 is 0. The fraction of sp³-hybridized carbons (Fsp3) is 0.283. The average molecular weight is 2080 g/mol. The number of H-pyrrole nitrogens is 4. The van der Waals surface area contributed by atoms with E-state index in [-0.39, 0.29) is 90.2 Å². The number of anilines is 7. The minimum absolute atomic E-state index is 0. The van der Waals surface area contributed by atoms with Crippen molar-refractivity contribution < 1.29 is 75.7 Å². The van der Waals surface area contributed by atoms with Crippen LogP contribution in [0, 0.1) is 0 Å². The number of hydrogen-bond acceptors (Lipinski definition) is 28. The molecule has 0 saturated carbocycles. The molecule has 0 radical (unpaired) electrons. The van der Waals surface area contributed by atoms with E-state index < -0.39 is 60.3 Å². The number of amides is 4. The summed E-state index contributed by atoms with van der Waals surface area (Å²) in [7, 11) is -13.4. The van der Waals surface area contributed by atoms with Gasteiger partial charge in [-0.2, -0.15) is 0 Å². The Morgan fingerprint density at radius 2 is 0.644 bits per heavy atom. The molecule has 0 spiro atoms. The maximum absolute atomic E-state index is 13.1. The first-order valence-corrected chi connectivity index (χ1v) is 54.5. The van der Waals surface area contributed by atoms with Crippen molar-refractivity contribution in [3.05, 3.63) is 272 Å². The number of nitrogens with two attached hydrogens (primary N) is 3. The van der Waals surface area contributed by atoms with Gasteiger partial charge in [0.2, 0.25) is 0 Å². The number of nitrogens with zero attached hydrogens (tertiary/aromatic N) is 11. The molecule has 40 heteroatoms. The molecule has 8 aromatic heterocycles. The fourth-order valence-electron chi connectivity index (χ4n) is 17.3. The maximum Gasteiger partial charge on any atom is 0.255 e. The van der Waals surface area contributed by atoms with E-state index in [1.54, 1.807) is 220 Å². The van der Waals surface area contributed by atoms with Crippen LogP contribution < -0.4 is 63.8 Å². The van der Waals surface area contributed by atoms with E-state index in [4.69, 9.17) is 22.2 Å². The van der Waals surface area contributed by atoms with Gasteiger partial charge in [-0.05, 0) is 227 Å². The molecule has 3 atom stereocenters. The standard InChI is InChI=1S/2C27H30N6O3S.2C26H28N6O3S.16H2/c1-17(2)37(35,36)22-9-5-18(6-10-22)23-15-29-26-25(31-23)24(16-30-26)32-27(34)19-3-7-21(8-4-19)33-13-11-20(28)12-14-33;1-17(2)37(35,36)22-11-7-18(8-12-22)23-14-29-26-25(31-23)24(15-30-26)32-27(34)19-5-9-21(10-6-19)33-13-3-4-20(28)16-33;1-16(2)36(34,35)21-9-5-17(6-10-21)22-13-28-25-24(30-22)23(14-29-25)31-26(33)18-3-7-20(8-4-18)32-12-11-19(27)15-32;1-16(2)36(34,35)20-8-6-17(7-9-20)22-14-29-25-24(31-22)23(15-30-25)32-26(33)19-5-3-4-18(12-19)21-13-27-10-11-28-21;;;;;;;;;;;;;;;;/h3-10,15-17,20H,11-14,28H2,1-2H3,(H,29,30)(H,32,34);5-12,14-15,17,20H,3-4,13,16,28H2,1-2H3,(H,29,30)(H,32,34);3-10,13-14,16,19H,11-12,15,27H2,1-2H3,(H,28,29)(H,31,33);3-9,12,14-16,21,27-28H,10-11,13H2,1-2H3,(H,29,30)(H,32,33);16*1H/t;20-;19-;;;;;;;;;;;;;;;;;/m.10................./s1. The average Bonchev–Trinajstić information content (AvgIpc) is 1.61. The summed E-state index contributed by atoms with van der Waals surface area (Å²) in [6.07, 6.45) is 18.1. The number of benzene rings is 8. The van der Waals surface area contributed by atoms with Crippen LogP contribution in [-0.2, 0) is 39.3 Å². The first-order chi connectivity index (χ1) is 70.0. The number of carbonyl (C=O) groups excluding carboxylic acids is 4. The molecular formula is C106H148N24O12S4. The largest absolute Gasteiger partial charge is 0.371 e. The molecule has 20 rings (SSSR count). The van der Waals surface area contributed by atoms with E-state index in [0.717, 1.165) is 136 Å². The van der Waals surface area contributed by atoms with Crippen LogP contribution in [0.2, 0.25) is 0 Å². The highest BCUT2D eigenvalue weighted by molar-refractivity contribution is 7.93. The molecule has 4 aliphatic rings. The van der Waals surface area contributed by atoms with E-state index in [9.17, 15) is 52.8 Å². The monoisotopic (exact) mass is 2080 g/mol. The molecule has 8 aromatic carbocycles. The number of sulfone groups is 4. The number of hydrogen-bond donors (Lipinski definition) is 13. The Hall–Kier alpha value is -14.9. The summed E-state index contributed by atoms with van der Waals surface area (Å²) in [5.74, 6) is -0.991. The number of aromatic nitrogens is 12. The molecule has 0 bridgehead atoms. The zero-order chi connectivity index (χ0) is 103. The number of fused-ring (bicyclic) bond motifs is 4. The highest BCUT2D eigenvalue weighted by atomic mass is 32.2. The molecule has 16 aromatic rings. The Kier molecular flexibility index (Phi) is 30.9. The van der Waals surface area contributed by atoms with Gasteiger partial charge in [0.05, 0.1) is 111 Å². The Labute approximate surface area is 869 Å². The molecule has 1 unspecified atom stereocenters. The van der Waals surface area contributed by atoms with E-state index in [1.807, 2.05) is 78.9 Å². The predicted molar refractivity (Wildman–Crippen MR) is 605 cm³/mol. The third-order valence-electron chi connectivity index (χ3n) is 26.2. The van der Waals surface area contributed by atoms with Gasteiger partial charge in [-0.3, -0.25) is 19.2 Å². The first kappa shape index (κ1) is 103. The van der Waals surface area contributed by atoms with Crippen LogP contribution >= 0.6 is 0 Å². The summed E-state index contributed by atoms with van der Waals surface area (Å²) in [6, 6.07) is 57.3. The zero-order valence-corrected chi connectivity index (χ0v) is 85.1. The van der Waals surface area contributed by atoms with Crippen LogP contribution in [0.25, 0.3) is 89.7 Å². The third-order valence-corrected chi connectivity index (χ3v) is 34.9. The molecule has 4 aliphatic heterocycles. The second-order valence-electron chi connectivity index (χ2n) is 37.6. The molecule has 0 aliphatic carbocycles. The fourth-order valence-corrected chi connectivity index (χ4v) is 21.6. The molecule has 16 N–H and O–H groups in total. The summed E-state index contributed by atoms with van der Waals surface area (Å²) in [4.78, 5) is 108. The van der Waals surface area contributed by atoms with Gasteiger partial charge in [0, 0.05) is 192 Å². The third kappa shape index (κ3) is 23.2. The molecule has 4 saturated heterocycles. The van der Waals surface area contributed by atoms with Crippen molar-refractivity contribution in [2.45, 2.75) is 152 Å². The smallest absolute Gasteiger partial charge is 0.255 e. The Morgan fingerprint density at radius 1 is 0.349 bits per heavy atom. The number of nitrogens with one attached hydrogen (secondary N) is 10. The van der Waals surface area contributed by atoms with E-state index in [1.165, 1.54) is 0 Å². The number of rotatable bonds is 24. The topological polar surface area (TPSA) is 531 Å². The van der Waals surface area contributed by atoms with Crippen LogP contribution in [0.1, 0.15) is 163 Å². The molecule has 4 fully saturated rings. The molecule has 12 heterocycles. The van der Waals surface area contributed by atoms with Crippen molar-refractivity contribution in [3.63, 3.8) is 0 Å². The number of carbonyl (C=O) groups is 4. The first-order valence-electron chi connectivity index (χ1n) is 48.3. The maximum atomic E-state index is 13.1. The van der Waals surface area contributed by atoms with Crippen LogP contribution in [0.4, 0.5) is 39.8 Å². The Morgan fingerprint density at radius 3 is 0.945 bits per heavy atom. The summed E-state index contributed by atoms with van der Waals surface area (Å²) in [6.45, 7) is 21.2. The van der Waals surface area contributed by atoms with Crippen LogP contribution in [0.5, 0.6) is 0 Å². The number of piperidine rings is 2. The van der Waals surface area contributed by atoms with Crippen molar-refractivity contribution >= 4 is 147 Å². The van der Waals surface area contributed by atoms with E-state index >= 15 is 0 Å². The molecule has 4 amide bonds. The lowest BCUT2D eigenvalue weighted by molar-refractivity contribution is 0.101. The lowest BCUT2D eigenvalue weighted by atomic mass is 10.0. The SMILES string of the molecule is CC(C)S(=O)(=O)c1ccc(-c2cnc3[nH]cc(NC(=O)c4ccc(N5CCC(N)CC5)cc4)c3n2)cc1.CC(C)S(=O)(=O)c1ccc(-c2cnc3[nH]cc(NC(=O)c4ccc(N5CCC[C@@H](N)C5)cc4)c3n2)cc1.CC(C)S(=O)(=O)c1ccc(-c2cnc3[nH]cc(NC(=O)c4ccc(N5CC[C@H](N)C5)cc4)c3n2)cc1.CC(C)S(=O)(=O)c1ccc(-c2cnc3[nH]cc(NC(=O)c4cccc(C5CNCCN5)c4)c3n2)cc1.[HH].[HH].[HH].[HH].[HH].[HH].[HH].[HH].[HH].[HH].[HH].[HH].[HH].[HH].[HH].[HH]. The highest BCUT2D eigenvalue weighted by Gasteiger charge is 2.29. The van der Waals surface area contributed by atoms with Gasteiger partial charge in [-0.1, -0.05) is 60.7 Å². The Bertz CT molecular complexity index is 8010. The predicted octanol–water partition coefficient (Wildman–Crippen LogP) is 18.8. The van der Waals surface area contributed by atoms with E-state index in [2.05, 4.69) is 101 Å². The van der Waals surface area contributed by atoms with Gasteiger partial charge in [0.1, 0.15) is 22.1 Å². The van der Waals surface area contributed by atoms with Gasteiger partial charge in [0.25, 0.3) is 23.6 Å². The second kappa shape index (κ2) is 44.0. The van der Waals surface area contributed by atoms with Crippen molar-refractivity contribution in [2.24, 2.45) is 17.2 Å². The quantitative estimate of drug-likeness (QED) is 0.0267. The number of piperazine rings is 1. The molecule has 36 nitrogen and oxygen atoms in total. The number of aromatic amines is 4. The van der Waals surface area contributed by atoms with Gasteiger partial charge in [-0.15, -0.1) is 0 Å². The van der Waals surface area contributed by atoms with E-state index in [0.29, 0.717) is 112 Å².